The van der Waals surface area contributed by atoms with Crippen LogP contribution in [0.25, 0.3) is 0 Å². The largest absolute Gasteiger partial charge is 0.371 e. The van der Waals surface area contributed by atoms with E-state index in [4.69, 9.17) is 0 Å². The molecule has 0 spiro atoms. The quantitative estimate of drug-likeness (QED) is 0.839. The molecule has 0 unspecified atom stereocenters. The Morgan fingerprint density at radius 2 is 1.95 bits per heavy atom. The Morgan fingerprint density at radius 3 is 2.45 bits per heavy atom. The number of hydrogen-bond donors (Lipinski definition) is 1. The number of aryl methyl sites for hydroxylation is 1. The normalized spacial score (nSPS) is 15.4. The number of anilines is 1. The zero-order valence-corrected chi connectivity index (χ0v) is 13.8. The van der Waals surface area contributed by atoms with E-state index in [0.717, 1.165) is 19.0 Å². The van der Waals surface area contributed by atoms with Crippen LogP contribution < -0.4 is 10.2 Å². The molecule has 2 heteroatoms. The van der Waals surface area contributed by atoms with Gasteiger partial charge in [-0.2, -0.15) is 0 Å². The van der Waals surface area contributed by atoms with Crippen LogP contribution in [0.1, 0.15) is 51.7 Å². The third-order valence-electron chi connectivity index (χ3n) is 3.98. The summed E-state index contributed by atoms with van der Waals surface area (Å²) in [6.07, 6.45) is 2.84. The summed E-state index contributed by atoms with van der Waals surface area (Å²) in [7, 11) is 0. The molecular formula is C18H30N2. The average molecular weight is 274 g/mol. The average Bonchev–Trinajstić information content (AvgIpc) is 3.17. The summed E-state index contributed by atoms with van der Waals surface area (Å²) >= 11 is 0. The maximum atomic E-state index is 3.56. The molecule has 0 heterocycles. The number of nitrogens with zero attached hydrogens (tertiary/aromatic N) is 1. The van der Waals surface area contributed by atoms with E-state index < -0.39 is 0 Å². The molecule has 0 aliphatic heterocycles. The second kappa shape index (κ2) is 6.17. The highest BCUT2D eigenvalue weighted by atomic mass is 15.1. The van der Waals surface area contributed by atoms with Crippen LogP contribution in [0, 0.1) is 12.8 Å². The number of rotatable bonds is 6. The molecule has 0 atom stereocenters. The Hall–Kier alpha value is -1.02. The molecular weight excluding hydrogens is 244 g/mol. The van der Waals surface area contributed by atoms with Crippen molar-refractivity contribution < 1.29 is 0 Å². The summed E-state index contributed by atoms with van der Waals surface area (Å²) in [5, 5.41) is 3.56. The summed E-state index contributed by atoms with van der Waals surface area (Å²) in [6.45, 7) is 14.4. The number of hydrogen-bond acceptors (Lipinski definition) is 2. The molecule has 20 heavy (non-hydrogen) atoms. The first-order valence-corrected chi connectivity index (χ1v) is 7.98. The van der Waals surface area contributed by atoms with Gasteiger partial charge in [-0.1, -0.05) is 12.1 Å². The van der Waals surface area contributed by atoms with E-state index in [1.165, 1.54) is 36.2 Å². The van der Waals surface area contributed by atoms with Gasteiger partial charge in [0.15, 0.2) is 0 Å². The summed E-state index contributed by atoms with van der Waals surface area (Å²) < 4.78 is 0. The number of nitrogens with one attached hydrogen (secondary N) is 1. The zero-order valence-electron chi connectivity index (χ0n) is 13.8. The van der Waals surface area contributed by atoms with E-state index >= 15 is 0 Å². The molecule has 1 aromatic rings. The minimum Gasteiger partial charge on any atom is -0.371 e. The van der Waals surface area contributed by atoms with E-state index in [-0.39, 0.29) is 5.54 Å². The van der Waals surface area contributed by atoms with E-state index in [0.29, 0.717) is 0 Å². The topological polar surface area (TPSA) is 15.3 Å². The Morgan fingerprint density at radius 1 is 1.25 bits per heavy atom. The van der Waals surface area contributed by atoms with Gasteiger partial charge in [-0.3, -0.25) is 0 Å². The van der Waals surface area contributed by atoms with Crippen molar-refractivity contribution in [2.75, 3.05) is 18.0 Å². The van der Waals surface area contributed by atoms with E-state index in [1.54, 1.807) is 0 Å². The van der Waals surface area contributed by atoms with Gasteiger partial charge in [0.25, 0.3) is 0 Å². The summed E-state index contributed by atoms with van der Waals surface area (Å²) in [5.41, 5.74) is 4.37. The van der Waals surface area contributed by atoms with Gasteiger partial charge >= 0.3 is 0 Å². The van der Waals surface area contributed by atoms with Gasteiger partial charge < -0.3 is 10.2 Å². The molecule has 0 aromatic heterocycles. The maximum absolute atomic E-state index is 3.56. The Kier molecular flexibility index (Phi) is 4.74. The van der Waals surface area contributed by atoms with Crippen LogP contribution in [-0.4, -0.2) is 18.6 Å². The molecule has 0 bridgehead atoms. The van der Waals surface area contributed by atoms with Crippen LogP contribution in [0.2, 0.25) is 0 Å². The van der Waals surface area contributed by atoms with Gasteiger partial charge in [0, 0.05) is 30.9 Å². The Labute approximate surface area is 124 Å². The summed E-state index contributed by atoms with van der Waals surface area (Å²) in [4.78, 5) is 2.54. The van der Waals surface area contributed by atoms with E-state index in [9.17, 15) is 0 Å². The first-order valence-electron chi connectivity index (χ1n) is 7.98. The van der Waals surface area contributed by atoms with Gasteiger partial charge in [0.1, 0.15) is 0 Å². The third-order valence-corrected chi connectivity index (χ3v) is 3.98. The highest BCUT2D eigenvalue weighted by molar-refractivity contribution is 5.54. The molecule has 112 valence electrons. The highest BCUT2D eigenvalue weighted by Crippen LogP contribution is 2.32. The van der Waals surface area contributed by atoms with E-state index in [1.807, 2.05) is 0 Å². The van der Waals surface area contributed by atoms with Crippen molar-refractivity contribution in [3.05, 3.63) is 29.3 Å². The van der Waals surface area contributed by atoms with Crippen LogP contribution >= 0.6 is 0 Å². The van der Waals surface area contributed by atoms with Gasteiger partial charge in [-0.15, -0.1) is 0 Å². The highest BCUT2D eigenvalue weighted by Gasteiger charge is 2.24. The second-order valence-corrected chi connectivity index (χ2v) is 7.21. The van der Waals surface area contributed by atoms with Gasteiger partial charge in [0.05, 0.1) is 0 Å². The van der Waals surface area contributed by atoms with Crippen LogP contribution in [0.15, 0.2) is 18.2 Å². The molecule has 1 aromatic carbocycles. The molecule has 1 fully saturated rings. The number of benzene rings is 1. The summed E-state index contributed by atoms with van der Waals surface area (Å²) in [6, 6.07) is 6.92. The smallest absolute Gasteiger partial charge is 0.0396 e. The predicted molar refractivity (Wildman–Crippen MR) is 88.4 cm³/mol. The first-order chi connectivity index (χ1) is 9.39. The third kappa shape index (κ3) is 4.52. The fraction of sp³-hybridized carbons (Fsp3) is 0.667. The lowest BCUT2D eigenvalue weighted by Gasteiger charge is -2.26. The molecule has 2 rings (SSSR count). The molecule has 1 aliphatic carbocycles. The molecule has 0 saturated heterocycles. The lowest BCUT2D eigenvalue weighted by atomic mass is 10.1. The van der Waals surface area contributed by atoms with Crippen LogP contribution in [0.3, 0.4) is 0 Å². The predicted octanol–water partition coefficient (Wildman–Crippen LogP) is 4.12. The van der Waals surface area contributed by atoms with Crippen molar-refractivity contribution in [1.82, 2.24) is 5.32 Å². The van der Waals surface area contributed by atoms with Crippen molar-refractivity contribution in [3.8, 4) is 0 Å². The van der Waals surface area contributed by atoms with Gasteiger partial charge in [-0.25, -0.2) is 0 Å². The fourth-order valence-electron chi connectivity index (χ4n) is 2.56. The standard InChI is InChI=1S/C18H30N2/c1-6-20(13-15-7-8-15)17-10-9-16(11-14(17)2)12-19-18(3,4)5/h9-11,15,19H,6-8,12-13H2,1-5H3. The first kappa shape index (κ1) is 15.4. The zero-order chi connectivity index (χ0) is 14.8. The lowest BCUT2D eigenvalue weighted by Crippen LogP contribution is -2.35. The second-order valence-electron chi connectivity index (χ2n) is 7.21. The SMILES string of the molecule is CCN(CC1CC1)c1ccc(CNC(C)(C)C)cc1C. The molecule has 0 amide bonds. The van der Waals surface area contributed by atoms with Gasteiger partial charge in [0.2, 0.25) is 0 Å². The van der Waals surface area contributed by atoms with Gasteiger partial charge in [-0.05, 0) is 70.6 Å². The minimum atomic E-state index is 0.175. The van der Waals surface area contributed by atoms with Crippen molar-refractivity contribution in [3.63, 3.8) is 0 Å². The monoisotopic (exact) mass is 274 g/mol. The maximum Gasteiger partial charge on any atom is 0.0396 e. The molecule has 1 saturated carbocycles. The van der Waals surface area contributed by atoms with Crippen LogP contribution in [0.5, 0.6) is 0 Å². The minimum absolute atomic E-state index is 0.175. The van der Waals surface area contributed by atoms with Crippen molar-refractivity contribution >= 4 is 5.69 Å². The lowest BCUT2D eigenvalue weighted by molar-refractivity contribution is 0.424. The molecule has 1 aliphatic rings. The molecule has 0 radical (unpaired) electrons. The van der Waals surface area contributed by atoms with Crippen LogP contribution in [0.4, 0.5) is 5.69 Å². The van der Waals surface area contributed by atoms with Crippen molar-refractivity contribution in [2.45, 2.75) is 59.5 Å². The Bertz CT molecular complexity index is 441. The van der Waals surface area contributed by atoms with Crippen LogP contribution in [-0.2, 0) is 6.54 Å². The molecule has 2 nitrogen and oxygen atoms in total. The summed E-state index contributed by atoms with van der Waals surface area (Å²) in [5.74, 6) is 0.941. The van der Waals surface area contributed by atoms with Crippen molar-refractivity contribution in [2.24, 2.45) is 5.92 Å². The van der Waals surface area contributed by atoms with E-state index in [2.05, 4.69) is 63.0 Å². The molecule has 1 N–H and O–H groups in total. The Balaban J connectivity index is 2.04. The van der Waals surface area contributed by atoms with Crippen molar-refractivity contribution in [1.29, 1.82) is 0 Å². The fourth-order valence-corrected chi connectivity index (χ4v) is 2.56.